The van der Waals surface area contributed by atoms with Crippen LogP contribution in [0.25, 0.3) is 0 Å². The lowest BCUT2D eigenvalue weighted by Gasteiger charge is -2.38. The third-order valence-corrected chi connectivity index (χ3v) is 9.35. The predicted octanol–water partition coefficient (Wildman–Crippen LogP) is 6.94. The van der Waals surface area contributed by atoms with Gasteiger partial charge in [-0.05, 0) is 80.9 Å². The number of anilines is 3. The highest BCUT2D eigenvalue weighted by Gasteiger charge is 2.34. The molecular formula is C42H51N5O6. The molecule has 1 aliphatic rings. The lowest BCUT2D eigenvalue weighted by atomic mass is 9.98. The molecule has 4 aromatic carbocycles. The third kappa shape index (κ3) is 11.1. The van der Waals surface area contributed by atoms with Crippen LogP contribution in [0.15, 0.2) is 97.1 Å². The van der Waals surface area contributed by atoms with Crippen LogP contribution in [0, 0.1) is 5.92 Å². The predicted molar refractivity (Wildman–Crippen MR) is 208 cm³/mol. The summed E-state index contributed by atoms with van der Waals surface area (Å²) < 4.78 is 12.6. The van der Waals surface area contributed by atoms with Crippen LogP contribution in [0.3, 0.4) is 0 Å². The molecule has 0 bridgehead atoms. The molecule has 53 heavy (non-hydrogen) atoms. The maximum absolute atomic E-state index is 13.9. The van der Waals surface area contributed by atoms with Gasteiger partial charge >= 0.3 is 0 Å². The minimum absolute atomic E-state index is 0.0931. The van der Waals surface area contributed by atoms with Crippen molar-refractivity contribution >= 4 is 34.8 Å². The van der Waals surface area contributed by atoms with E-state index < -0.39 is 6.04 Å². The zero-order valence-corrected chi connectivity index (χ0v) is 30.8. The van der Waals surface area contributed by atoms with Crippen molar-refractivity contribution in [3.63, 3.8) is 0 Å². The van der Waals surface area contributed by atoms with Crippen molar-refractivity contribution in [2.75, 3.05) is 43.1 Å². The van der Waals surface area contributed by atoms with E-state index >= 15 is 0 Å². The first kappa shape index (κ1) is 38.8. The average molecular weight is 722 g/mol. The molecule has 0 radical (unpaired) electrons. The van der Waals surface area contributed by atoms with Gasteiger partial charge < -0.3 is 35.8 Å². The Morgan fingerprint density at radius 3 is 2.19 bits per heavy atom. The van der Waals surface area contributed by atoms with Crippen molar-refractivity contribution in [1.29, 1.82) is 0 Å². The fraction of sp³-hybridized carbons (Fsp3) is 0.357. The Hall–Kier alpha value is -5.39. The molecule has 0 fully saturated rings. The number of ether oxygens (including phenoxy) is 2. The van der Waals surface area contributed by atoms with Gasteiger partial charge in [-0.1, -0.05) is 61.9 Å². The molecule has 0 saturated heterocycles. The molecule has 0 aliphatic carbocycles. The van der Waals surface area contributed by atoms with Crippen LogP contribution in [0.1, 0.15) is 61.9 Å². The van der Waals surface area contributed by atoms with Gasteiger partial charge in [0.05, 0.1) is 35.3 Å². The molecule has 0 unspecified atom stereocenters. The lowest BCUT2D eigenvalue weighted by Crippen LogP contribution is -2.49. The van der Waals surface area contributed by atoms with Crippen LogP contribution in [0.2, 0.25) is 0 Å². The van der Waals surface area contributed by atoms with E-state index in [1.807, 2.05) is 87.6 Å². The normalized spacial score (nSPS) is 16.2. The summed E-state index contributed by atoms with van der Waals surface area (Å²) in [7, 11) is 2.03. The number of benzene rings is 4. The van der Waals surface area contributed by atoms with E-state index in [1.54, 1.807) is 35.2 Å². The molecule has 11 nitrogen and oxygen atoms in total. The van der Waals surface area contributed by atoms with Crippen LogP contribution >= 0.6 is 0 Å². The summed E-state index contributed by atoms with van der Waals surface area (Å²) in [5.74, 6) is 1.17. The molecular weight excluding hydrogens is 670 g/mol. The fourth-order valence-electron chi connectivity index (χ4n) is 6.31. The van der Waals surface area contributed by atoms with E-state index in [-0.39, 0.29) is 42.8 Å². The Labute approximate surface area is 312 Å². The number of carbonyl (C=O) groups is 3. The number of nitrogens with two attached hydrogens (primary N) is 1. The highest BCUT2D eigenvalue weighted by molar-refractivity contribution is 6.01. The molecule has 1 heterocycles. The van der Waals surface area contributed by atoms with Crippen molar-refractivity contribution in [2.45, 2.75) is 64.6 Å². The summed E-state index contributed by atoms with van der Waals surface area (Å²) in [6.45, 7) is 5.29. The minimum atomic E-state index is -0.406. The van der Waals surface area contributed by atoms with Crippen molar-refractivity contribution in [3.8, 4) is 17.2 Å². The summed E-state index contributed by atoms with van der Waals surface area (Å²) in [6.07, 6.45) is 2.14. The number of carbonyl (C=O) groups excluding carboxylic acids is 3. The number of nitrogen functional groups attached to an aromatic ring is 1. The smallest absolute Gasteiger partial charge is 0.258 e. The first-order valence-corrected chi connectivity index (χ1v) is 18.3. The van der Waals surface area contributed by atoms with Crippen LogP contribution in [-0.2, 0) is 16.1 Å². The molecule has 5 N–H and O–H groups in total. The van der Waals surface area contributed by atoms with Gasteiger partial charge in [0.2, 0.25) is 11.8 Å². The molecule has 3 atom stereocenters. The maximum Gasteiger partial charge on any atom is 0.258 e. The highest BCUT2D eigenvalue weighted by Crippen LogP contribution is 2.35. The highest BCUT2D eigenvalue weighted by atomic mass is 16.5. The number of para-hydroxylation sites is 4. The lowest BCUT2D eigenvalue weighted by molar-refractivity contribution is -0.116. The number of hydrogen-bond donors (Lipinski definition) is 4. The number of likely N-dealkylation sites (N-methyl/N-ethyl adjacent to an activating group) is 1. The Morgan fingerprint density at radius 2 is 1.51 bits per heavy atom. The number of aliphatic hydroxyl groups excluding tert-OH is 1. The number of fused-ring (bicyclic) bond motifs is 1. The zero-order chi connectivity index (χ0) is 37.7. The zero-order valence-electron chi connectivity index (χ0n) is 30.8. The first-order valence-electron chi connectivity index (χ1n) is 18.3. The molecule has 0 spiro atoms. The van der Waals surface area contributed by atoms with Crippen molar-refractivity contribution in [1.82, 2.24) is 9.80 Å². The molecule has 280 valence electrons. The Morgan fingerprint density at radius 1 is 0.887 bits per heavy atom. The van der Waals surface area contributed by atoms with Gasteiger partial charge in [-0.25, -0.2) is 0 Å². The van der Waals surface area contributed by atoms with Gasteiger partial charge in [0.1, 0.15) is 17.6 Å². The van der Waals surface area contributed by atoms with Crippen molar-refractivity contribution < 1.29 is 29.0 Å². The van der Waals surface area contributed by atoms with E-state index in [4.69, 9.17) is 15.2 Å². The molecule has 11 heteroatoms. The molecule has 4 aromatic rings. The van der Waals surface area contributed by atoms with E-state index in [1.165, 1.54) is 0 Å². The van der Waals surface area contributed by atoms with Crippen molar-refractivity contribution in [2.24, 2.45) is 5.92 Å². The van der Waals surface area contributed by atoms with E-state index in [9.17, 15) is 19.5 Å². The molecule has 3 amide bonds. The third-order valence-electron chi connectivity index (χ3n) is 9.35. The summed E-state index contributed by atoms with van der Waals surface area (Å²) in [5.41, 5.74) is 8.88. The SMILES string of the molecule is C[C@@H]1CN([C@H](C)CO)C(=O)c2cccc(NC(=O)CCCCCC(=O)Nc3ccccc3N)c2O[C@@H]1CN(C)Cc1ccc(Oc2ccccc2)cc1. The number of unbranched alkanes of at least 4 members (excludes halogenated alkanes) is 2. The van der Waals surface area contributed by atoms with E-state index in [2.05, 4.69) is 15.5 Å². The second-order valence-electron chi connectivity index (χ2n) is 13.8. The average Bonchev–Trinajstić information content (AvgIpc) is 3.15. The van der Waals surface area contributed by atoms with Crippen molar-refractivity contribution in [3.05, 3.63) is 108 Å². The van der Waals surface area contributed by atoms with Gasteiger partial charge in [0.15, 0.2) is 5.75 Å². The summed E-state index contributed by atoms with van der Waals surface area (Å²) in [6, 6.07) is 29.5. The van der Waals surface area contributed by atoms with Gasteiger partial charge in [0, 0.05) is 38.4 Å². The summed E-state index contributed by atoms with van der Waals surface area (Å²) in [5, 5.41) is 15.9. The molecule has 5 rings (SSSR count). The number of rotatable bonds is 16. The summed E-state index contributed by atoms with van der Waals surface area (Å²) >= 11 is 0. The quantitative estimate of drug-likeness (QED) is 0.0719. The standard InChI is InChI=1S/C42H51N5O6/c1-29-25-47(30(2)28-48)42(51)34-15-12-18-37(45-40(50)20-9-5-8-19-39(49)44-36-17-11-10-16-35(36)43)41(34)53-38(29)27-46(3)26-31-21-23-33(24-22-31)52-32-13-6-4-7-14-32/h4,6-7,10-18,21-24,29-30,38,48H,5,8-9,19-20,25-28,43H2,1-3H3,(H,44,49)(H,45,50)/t29-,30-,38-/m1/s1. The van der Waals surface area contributed by atoms with Gasteiger partial charge in [-0.15, -0.1) is 0 Å². The molecule has 1 aliphatic heterocycles. The number of hydrogen-bond acceptors (Lipinski definition) is 8. The monoisotopic (exact) mass is 721 g/mol. The van der Waals surface area contributed by atoms with E-state index in [0.29, 0.717) is 73.7 Å². The largest absolute Gasteiger partial charge is 0.486 e. The first-order chi connectivity index (χ1) is 25.6. The number of amides is 3. The van der Waals surface area contributed by atoms with Crippen LogP contribution in [0.5, 0.6) is 17.2 Å². The van der Waals surface area contributed by atoms with Crippen LogP contribution < -0.4 is 25.8 Å². The fourth-order valence-corrected chi connectivity index (χ4v) is 6.31. The minimum Gasteiger partial charge on any atom is -0.486 e. The number of nitrogens with zero attached hydrogens (tertiary/aromatic N) is 2. The second-order valence-corrected chi connectivity index (χ2v) is 13.8. The van der Waals surface area contributed by atoms with E-state index in [0.717, 1.165) is 17.1 Å². The Balaban J connectivity index is 1.21. The number of nitrogens with one attached hydrogen (secondary N) is 2. The summed E-state index contributed by atoms with van der Waals surface area (Å²) in [4.78, 5) is 43.3. The Kier molecular flexibility index (Phi) is 13.9. The molecule has 0 aromatic heterocycles. The van der Waals surface area contributed by atoms with Crippen LogP contribution in [-0.4, -0.2) is 71.5 Å². The van der Waals surface area contributed by atoms with Crippen LogP contribution in [0.4, 0.5) is 17.1 Å². The second kappa shape index (κ2) is 18.9. The topological polar surface area (TPSA) is 146 Å². The molecule has 0 saturated carbocycles. The van der Waals surface area contributed by atoms with Gasteiger partial charge in [-0.2, -0.15) is 0 Å². The number of aliphatic hydroxyl groups is 1. The maximum atomic E-state index is 13.9. The van der Waals surface area contributed by atoms with Gasteiger partial charge in [-0.3, -0.25) is 19.3 Å². The Bertz CT molecular complexity index is 1820. The van der Waals surface area contributed by atoms with Gasteiger partial charge in [0.25, 0.3) is 5.91 Å².